The van der Waals surface area contributed by atoms with Crippen LogP contribution in [-0.4, -0.2) is 38.4 Å². The Labute approximate surface area is 149 Å². The first kappa shape index (κ1) is 16.1. The fraction of sp³-hybridized carbons (Fsp3) is 0.412. The van der Waals surface area contributed by atoms with E-state index in [9.17, 15) is 9.59 Å². The second-order valence-corrected chi connectivity index (χ2v) is 7.73. The van der Waals surface area contributed by atoms with Gasteiger partial charge in [-0.05, 0) is 31.9 Å². The number of thioether (sulfide) groups is 1. The van der Waals surface area contributed by atoms with Gasteiger partial charge in [0.25, 0.3) is 0 Å². The van der Waals surface area contributed by atoms with Crippen molar-refractivity contribution in [3.8, 4) is 0 Å². The summed E-state index contributed by atoms with van der Waals surface area (Å²) in [6, 6.07) is 7.34. The summed E-state index contributed by atoms with van der Waals surface area (Å²) in [5, 5.41) is 11.6. The lowest BCUT2D eigenvalue weighted by Gasteiger charge is -2.30. The molecule has 0 spiro atoms. The molecule has 4 rings (SSSR count). The molecule has 1 fully saturated rings. The first-order valence-electron chi connectivity index (χ1n) is 8.31. The Morgan fingerprint density at radius 2 is 2.08 bits per heavy atom. The number of carbonyl (C=O) groups is 2. The van der Waals surface area contributed by atoms with Crippen LogP contribution in [0.1, 0.15) is 31.5 Å². The molecule has 1 aromatic heterocycles. The maximum atomic E-state index is 12.9. The lowest BCUT2D eigenvalue weighted by molar-refractivity contribution is -0.121. The van der Waals surface area contributed by atoms with Crippen molar-refractivity contribution < 1.29 is 9.59 Å². The van der Waals surface area contributed by atoms with E-state index in [0.717, 1.165) is 29.5 Å². The third-order valence-electron chi connectivity index (χ3n) is 4.48. The van der Waals surface area contributed by atoms with Gasteiger partial charge in [0, 0.05) is 13.0 Å². The topological polar surface area (TPSA) is 80.1 Å². The van der Waals surface area contributed by atoms with Crippen molar-refractivity contribution >= 4 is 35.0 Å². The zero-order valence-electron chi connectivity index (χ0n) is 14.1. The summed E-state index contributed by atoms with van der Waals surface area (Å²) < 4.78 is 1.98. The lowest BCUT2D eigenvalue weighted by atomic mass is 10.2. The molecule has 0 bridgehead atoms. The van der Waals surface area contributed by atoms with E-state index < -0.39 is 0 Å². The van der Waals surface area contributed by atoms with Gasteiger partial charge >= 0.3 is 0 Å². The summed E-state index contributed by atoms with van der Waals surface area (Å²) >= 11 is 1.38. The first-order valence-corrected chi connectivity index (χ1v) is 9.18. The summed E-state index contributed by atoms with van der Waals surface area (Å²) in [7, 11) is 1.94. The fourth-order valence-electron chi connectivity index (χ4n) is 2.98. The molecular formula is C17H19N5O2S. The maximum Gasteiger partial charge on any atom is 0.244 e. The number of fused-ring (bicyclic) bond motifs is 1. The van der Waals surface area contributed by atoms with Gasteiger partial charge in [-0.25, -0.2) is 0 Å². The molecule has 0 unspecified atom stereocenters. The number of benzene rings is 1. The van der Waals surface area contributed by atoms with Gasteiger partial charge in [0.05, 0.1) is 16.6 Å². The molecule has 130 valence electrons. The molecule has 25 heavy (non-hydrogen) atoms. The third kappa shape index (κ3) is 3.02. The molecule has 2 amide bonds. The van der Waals surface area contributed by atoms with E-state index in [1.807, 2.05) is 36.7 Å². The zero-order valence-corrected chi connectivity index (χ0v) is 14.9. The minimum atomic E-state index is -0.367. The summed E-state index contributed by atoms with van der Waals surface area (Å²) in [6.07, 6.45) is 2.32. The monoisotopic (exact) mass is 357 g/mol. The summed E-state index contributed by atoms with van der Waals surface area (Å²) in [5.74, 6) is 1.21. The number of rotatable bonds is 4. The number of para-hydroxylation sites is 2. The lowest BCUT2D eigenvalue weighted by Crippen LogP contribution is -2.45. The van der Waals surface area contributed by atoms with Crippen LogP contribution >= 0.6 is 11.8 Å². The highest BCUT2D eigenvalue weighted by molar-refractivity contribution is 8.00. The second-order valence-electron chi connectivity index (χ2n) is 6.42. The van der Waals surface area contributed by atoms with E-state index >= 15 is 0 Å². The van der Waals surface area contributed by atoms with Crippen molar-refractivity contribution in [1.82, 2.24) is 14.8 Å². The number of aromatic nitrogens is 3. The van der Waals surface area contributed by atoms with E-state index in [-0.39, 0.29) is 23.6 Å². The van der Waals surface area contributed by atoms with Crippen LogP contribution in [0.25, 0.3) is 0 Å². The van der Waals surface area contributed by atoms with Crippen LogP contribution < -0.4 is 10.2 Å². The smallest absolute Gasteiger partial charge is 0.244 e. The molecule has 1 aliphatic carbocycles. The Morgan fingerprint density at radius 1 is 1.32 bits per heavy atom. The minimum absolute atomic E-state index is 0.0346. The van der Waals surface area contributed by atoms with E-state index in [2.05, 4.69) is 15.5 Å². The van der Waals surface area contributed by atoms with Crippen LogP contribution in [0.3, 0.4) is 0 Å². The van der Waals surface area contributed by atoms with Crippen LogP contribution in [0, 0.1) is 0 Å². The summed E-state index contributed by atoms with van der Waals surface area (Å²) in [5.41, 5.74) is 1.40. The Balaban J connectivity index is 1.53. The van der Waals surface area contributed by atoms with E-state index in [0.29, 0.717) is 11.6 Å². The molecule has 1 saturated carbocycles. The molecule has 1 N–H and O–H groups in total. The standard InChI is InChI=1S/C17H19N5O2S/c1-10(25-17-20-19-15(21(17)2)11-7-8-11)16(24)22-9-14(23)18-12-5-3-4-6-13(12)22/h3-6,10-11H,7-9H2,1-2H3,(H,18,23)/t10-/m0/s1. The van der Waals surface area contributed by atoms with Crippen LogP contribution in [0.4, 0.5) is 11.4 Å². The zero-order chi connectivity index (χ0) is 17.6. The van der Waals surface area contributed by atoms with Crippen molar-refractivity contribution in [2.24, 2.45) is 7.05 Å². The largest absolute Gasteiger partial charge is 0.323 e. The van der Waals surface area contributed by atoms with Gasteiger partial charge in [0.2, 0.25) is 11.8 Å². The van der Waals surface area contributed by atoms with Crippen molar-refractivity contribution in [3.63, 3.8) is 0 Å². The van der Waals surface area contributed by atoms with Gasteiger partial charge in [-0.2, -0.15) is 0 Å². The van der Waals surface area contributed by atoms with E-state index in [4.69, 9.17) is 0 Å². The van der Waals surface area contributed by atoms with Gasteiger partial charge in [-0.3, -0.25) is 14.5 Å². The normalized spacial score (nSPS) is 17.8. The number of amides is 2. The van der Waals surface area contributed by atoms with Gasteiger partial charge in [-0.1, -0.05) is 23.9 Å². The van der Waals surface area contributed by atoms with Gasteiger partial charge < -0.3 is 9.88 Å². The highest BCUT2D eigenvalue weighted by atomic mass is 32.2. The Morgan fingerprint density at radius 3 is 2.84 bits per heavy atom. The summed E-state index contributed by atoms with van der Waals surface area (Å²) in [4.78, 5) is 26.4. The molecule has 2 aliphatic rings. The Bertz CT molecular complexity index is 845. The van der Waals surface area contributed by atoms with E-state index in [1.165, 1.54) is 11.8 Å². The number of hydrogen-bond acceptors (Lipinski definition) is 5. The highest BCUT2D eigenvalue weighted by Gasteiger charge is 2.32. The predicted molar refractivity (Wildman–Crippen MR) is 95.7 cm³/mol. The first-order chi connectivity index (χ1) is 12.0. The van der Waals surface area contributed by atoms with Crippen molar-refractivity contribution in [2.45, 2.75) is 36.1 Å². The highest BCUT2D eigenvalue weighted by Crippen LogP contribution is 2.40. The molecule has 0 saturated heterocycles. The van der Waals surface area contributed by atoms with E-state index in [1.54, 1.807) is 11.0 Å². The quantitative estimate of drug-likeness (QED) is 0.848. The predicted octanol–water partition coefficient (Wildman–Crippen LogP) is 2.16. The molecule has 2 aromatic rings. The molecule has 1 aromatic carbocycles. The minimum Gasteiger partial charge on any atom is -0.323 e. The van der Waals surface area contributed by atoms with Crippen LogP contribution in [0.15, 0.2) is 29.4 Å². The second kappa shape index (κ2) is 6.18. The molecule has 8 heteroatoms. The SMILES string of the molecule is C[C@H](Sc1nnc(C2CC2)n1C)C(=O)N1CC(=O)Nc2ccccc21. The Kier molecular flexibility index (Phi) is 3.99. The number of hydrogen-bond donors (Lipinski definition) is 1. The molecule has 1 atom stereocenters. The van der Waals surface area contributed by atoms with Crippen molar-refractivity contribution in [1.29, 1.82) is 0 Å². The van der Waals surface area contributed by atoms with Crippen molar-refractivity contribution in [2.75, 3.05) is 16.8 Å². The van der Waals surface area contributed by atoms with Crippen LogP contribution in [-0.2, 0) is 16.6 Å². The fourth-order valence-corrected chi connectivity index (χ4v) is 3.87. The average molecular weight is 357 g/mol. The number of carbonyl (C=O) groups excluding carboxylic acids is 2. The molecule has 7 nitrogen and oxygen atoms in total. The molecular weight excluding hydrogens is 338 g/mol. The van der Waals surface area contributed by atoms with Gasteiger partial charge in [-0.15, -0.1) is 10.2 Å². The molecule has 1 aliphatic heterocycles. The molecule has 0 radical (unpaired) electrons. The van der Waals surface area contributed by atoms with Crippen molar-refractivity contribution in [3.05, 3.63) is 30.1 Å². The van der Waals surface area contributed by atoms with Crippen LogP contribution in [0.5, 0.6) is 0 Å². The van der Waals surface area contributed by atoms with Crippen LogP contribution in [0.2, 0.25) is 0 Å². The Hall–Kier alpha value is -2.35. The maximum absolute atomic E-state index is 12.9. The van der Waals surface area contributed by atoms with Gasteiger partial charge in [0.1, 0.15) is 12.4 Å². The summed E-state index contributed by atoms with van der Waals surface area (Å²) in [6.45, 7) is 1.88. The average Bonchev–Trinajstić information content (AvgIpc) is 3.38. The van der Waals surface area contributed by atoms with Gasteiger partial charge in [0.15, 0.2) is 5.16 Å². The molecule has 2 heterocycles. The third-order valence-corrected chi connectivity index (χ3v) is 5.60. The number of anilines is 2. The number of nitrogens with zero attached hydrogens (tertiary/aromatic N) is 4. The number of nitrogens with one attached hydrogen (secondary N) is 1.